The topological polar surface area (TPSA) is 105 Å². The van der Waals surface area contributed by atoms with Crippen LogP contribution in [0.25, 0.3) is 0 Å². The number of aliphatic hydroxyl groups is 2. The normalized spacial score (nSPS) is 31.8. The summed E-state index contributed by atoms with van der Waals surface area (Å²) < 4.78 is 6.27. The third-order valence-electron chi connectivity index (χ3n) is 2.89. The Hall–Kier alpha value is -0.710. The first-order valence-electron chi connectivity index (χ1n) is 5.36. The predicted molar refractivity (Wildman–Crippen MR) is 70.9 cm³/mol. The second-order valence-electron chi connectivity index (χ2n) is 4.16. The highest BCUT2D eigenvalue weighted by atomic mass is 127. The highest BCUT2D eigenvalue weighted by Gasteiger charge is 2.43. The number of nitrogens with one attached hydrogen (secondary N) is 1. The van der Waals surface area contributed by atoms with Crippen molar-refractivity contribution in [3.8, 4) is 0 Å². The molecule has 8 heteroatoms. The van der Waals surface area contributed by atoms with Crippen LogP contribution in [0, 0.1) is 6.92 Å². The van der Waals surface area contributed by atoms with Crippen molar-refractivity contribution in [3.63, 3.8) is 0 Å². The maximum Gasteiger partial charge on any atom is 0.330 e. The van der Waals surface area contributed by atoms with E-state index in [9.17, 15) is 14.7 Å². The number of hydrogen-bond donors (Lipinski definition) is 3. The van der Waals surface area contributed by atoms with Crippen molar-refractivity contribution < 1.29 is 14.9 Å². The van der Waals surface area contributed by atoms with Gasteiger partial charge in [-0.1, -0.05) is 22.6 Å². The van der Waals surface area contributed by atoms with Crippen molar-refractivity contribution in [2.24, 2.45) is 0 Å². The molecule has 0 radical (unpaired) electrons. The minimum atomic E-state index is -0.861. The van der Waals surface area contributed by atoms with Gasteiger partial charge < -0.3 is 14.9 Å². The lowest BCUT2D eigenvalue weighted by Gasteiger charge is -2.17. The van der Waals surface area contributed by atoms with E-state index < -0.39 is 29.7 Å². The van der Waals surface area contributed by atoms with Gasteiger partial charge in [-0.2, -0.15) is 0 Å². The van der Waals surface area contributed by atoms with Crippen molar-refractivity contribution in [3.05, 3.63) is 32.6 Å². The van der Waals surface area contributed by atoms with Crippen LogP contribution in [0.1, 0.15) is 11.8 Å². The molecule has 100 valence electrons. The van der Waals surface area contributed by atoms with Gasteiger partial charge in [0.25, 0.3) is 5.56 Å². The fourth-order valence-electron chi connectivity index (χ4n) is 1.85. The Morgan fingerprint density at radius 3 is 2.78 bits per heavy atom. The SMILES string of the molecule is Cc1cn([C@@H]2O[C@H](CO)[C@H](O)C2I)c(=O)[nH]c1=O. The van der Waals surface area contributed by atoms with Gasteiger partial charge in [-0.3, -0.25) is 14.3 Å². The molecule has 0 aromatic carbocycles. The maximum absolute atomic E-state index is 11.7. The molecule has 2 heterocycles. The number of nitrogens with zero attached hydrogens (tertiary/aromatic N) is 1. The molecule has 7 nitrogen and oxygen atoms in total. The first-order valence-corrected chi connectivity index (χ1v) is 6.60. The van der Waals surface area contributed by atoms with E-state index >= 15 is 0 Å². The zero-order chi connectivity index (χ0) is 13.4. The van der Waals surface area contributed by atoms with E-state index in [1.165, 1.54) is 10.8 Å². The molecule has 0 bridgehead atoms. The zero-order valence-electron chi connectivity index (χ0n) is 9.54. The van der Waals surface area contributed by atoms with Gasteiger partial charge in [-0.15, -0.1) is 0 Å². The fourth-order valence-corrected chi connectivity index (χ4v) is 2.83. The number of H-pyrrole nitrogens is 1. The standard InChI is InChI=1S/C10H13IN2O5/c1-4-2-13(10(17)12-8(4)16)9-6(11)7(15)5(3-14)18-9/h2,5-7,9,14-15H,3H2,1H3,(H,12,16,17)/t5-,6?,7+,9-/m1/s1. The average molecular weight is 368 g/mol. The van der Waals surface area contributed by atoms with Gasteiger partial charge in [0, 0.05) is 11.8 Å². The lowest BCUT2D eigenvalue weighted by atomic mass is 10.2. The van der Waals surface area contributed by atoms with E-state index in [2.05, 4.69) is 4.98 Å². The monoisotopic (exact) mass is 368 g/mol. The molecule has 1 saturated heterocycles. The summed E-state index contributed by atoms with van der Waals surface area (Å²) in [6.45, 7) is 1.25. The number of halogens is 1. The highest BCUT2D eigenvalue weighted by Crippen LogP contribution is 2.33. The van der Waals surface area contributed by atoms with Gasteiger partial charge >= 0.3 is 5.69 Å². The third-order valence-corrected chi connectivity index (χ3v) is 4.25. The molecule has 0 saturated carbocycles. The second kappa shape index (κ2) is 5.11. The Morgan fingerprint density at radius 1 is 1.56 bits per heavy atom. The van der Waals surface area contributed by atoms with Gasteiger partial charge in [0.2, 0.25) is 0 Å². The van der Waals surface area contributed by atoms with Gasteiger partial charge in [-0.05, 0) is 6.92 Å². The van der Waals surface area contributed by atoms with Crippen LogP contribution in [-0.4, -0.2) is 42.5 Å². The maximum atomic E-state index is 11.7. The van der Waals surface area contributed by atoms with Gasteiger partial charge in [0.15, 0.2) is 6.23 Å². The molecule has 0 amide bonds. The second-order valence-corrected chi connectivity index (χ2v) is 5.60. The van der Waals surface area contributed by atoms with Crippen molar-refractivity contribution in [1.29, 1.82) is 0 Å². The Kier molecular flexibility index (Phi) is 3.90. The van der Waals surface area contributed by atoms with Crippen LogP contribution < -0.4 is 11.2 Å². The number of aliphatic hydroxyl groups excluding tert-OH is 2. The molecule has 0 aliphatic carbocycles. The quantitative estimate of drug-likeness (QED) is 0.454. The molecule has 0 spiro atoms. The van der Waals surface area contributed by atoms with Gasteiger partial charge in [0.1, 0.15) is 6.10 Å². The Bertz CT molecular complexity index is 554. The van der Waals surface area contributed by atoms with Crippen LogP contribution in [0.2, 0.25) is 0 Å². The first kappa shape index (κ1) is 13.7. The molecule has 1 aromatic rings. The third kappa shape index (κ3) is 2.25. The van der Waals surface area contributed by atoms with E-state index in [1.807, 2.05) is 22.6 Å². The summed E-state index contributed by atoms with van der Waals surface area (Å²) in [5, 5.41) is 18.9. The van der Waals surface area contributed by atoms with Crippen LogP contribution in [0.4, 0.5) is 0 Å². The molecule has 1 aromatic heterocycles. The van der Waals surface area contributed by atoms with E-state index in [0.29, 0.717) is 5.56 Å². The molecule has 1 unspecified atom stereocenters. The Morgan fingerprint density at radius 2 is 2.22 bits per heavy atom. The Balaban J connectivity index is 2.42. The smallest absolute Gasteiger partial charge is 0.330 e. The molecule has 2 rings (SSSR count). The summed E-state index contributed by atoms with van der Waals surface area (Å²) in [4.78, 5) is 25.2. The molecule has 1 fully saturated rings. The highest BCUT2D eigenvalue weighted by molar-refractivity contribution is 14.1. The average Bonchev–Trinajstić information content (AvgIpc) is 2.61. The molecule has 3 N–H and O–H groups in total. The minimum absolute atomic E-state index is 0.325. The summed E-state index contributed by atoms with van der Waals surface area (Å²) in [7, 11) is 0. The summed E-state index contributed by atoms with van der Waals surface area (Å²) in [5.74, 6) is 0. The Labute approximate surface area is 116 Å². The van der Waals surface area contributed by atoms with Crippen molar-refractivity contribution >= 4 is 22.6 Å². The summed E-state index contributed by atoms with van der Waals surface area (Å²) in [5.41, 5.74) is -0.662. The molecule has 1 aliphatic rings. The number of aryl methyl sites for hydroxylation is 1. The number of aromatic nitrogens is 2. The lowest BCUT2D eigenvalue weighted by Crippen LogP contribution is -2.36. The van der Waals surface area contributed by atoms with Crippen molar-refractivity contribution in [1.82, 2.24) is 9.55 Å². The molecule has 1 aliphatic heterocycles. The van der Waals surface area contributed by atoms with Crippen LogP contribution in [0.3, 0.4) is 0 Å². The van der Waals surface area contributed by atoms with Crippen LogP contribution in [-0.2, 0) is 4.74 Å². The number of rotatable bonds is 2. The summed E-state index contributed by atoms with van der Waals surface area (Å²) >= 11 is 1.96. The summed E-state index contributed by atoms with van der Waals surface area (Å²) in [6, 6.07) is 0. The summed E-state index contributed by atoms with van der Waals surface area (Å²) in [6.07, 6.45) is -0.902. The zero-order valence-corrected chi connectivity index (χ0v) is 11.7. The largest absolute Gasteiger partial charge is 0.394 e. The lowest BCUT2D eigenvalue weighted by molar-refractivity contribution is -0.0456. The van der Waals surface area contributed by atoms with Gasteiger partial charge in [0.05, 0.1) is 16.6 Å². The van der Waals surface area contributed by atoms with Crippen LogP contribution in [0.15, 0.2) is 15.8 Å². The molecule has 4 atom stereocenters. The first-order chi connectivity index (χ1) is 8.45. The van der Waals surface area contributed by atoms with Gasteiger partial charge in [-0.25, -0.2) is 4.79 Å². The van der Waals surface area contributed by atoms with Crippen LogP contribution in [0.5, 0.6) is 0 Å². The molecule has 18 heavy (non-hydrogen) atoms. The van der Waals surface area contributed by atoms with Crippen molar-refractivity contribution in [2.45, 2.75) is 29.3 Å². The molecular weight excluding hydrogens is 355 g/mol. The fraction of sp³-hybridized carbons (Fsp3) is 0.600. The predicted octanol–water partition coefficient (Wildman–Crippen LogP) is -1.10. The van der Waals surface area contributed by atoms with E-state index in [4.69, 9.17) is 9.84 Å². The minimum Gasteiger partial charge on any atom is -0.394 e. The number of hydrogen-bond acceptors (Lipinski definition) is 5. The van der Waals surface area contributed by atoms with Crippen LogP contribution >= 0.6 is 22.6 Å². The number of ether oxygens (including phenoxy) is 1. The number of alkyl halides is 1. The molecular formula is C10H13IN2O5. The van der Waals surface area contributed by atoms with E-state index in [1.54, 1.807) is 6.92 Å². The van der Waals surface area contributed by atoms with E-state index in [-0.39, 0.29) is 10.5 Å². The number of aromatic amines is 1. The van der Waals surface area contributed by atoms with E-state index in [0.717, 1.165) is 0 Å². The van der Waals surface area contributed by atoms with Crippen molar-refractivity contribution in [2.75, 3.05) is 6.61 Å².